The number of rotatable bonds is 5. The van der Waals surface area contributed by atoms with E-state index in [2.05, 4.69) is 22.1 Å². The van der Waals surface area contributed by atoms with Crippen molar-refractivity contribution in [3.05, 3.63) is 30.1 Å². The van der Waals surface area contributed by atoms with Crippen molar-refractivity contribution in [2.75, 3.05) is 0 Å². The minimum atomic E-state index is 0.00959. The minimum absolute atomic E-state index is 0.00959. The maximum Gasteiger partial charge on any atom is 0.188 e. The Labute approximate surface area is 99.3 Å². The van der Waals surface area contributed by atoms with Crippen molar-refractivity contribution in [1.29, 1.82) is 0 Å². The van der Waals surface area contributed by atoms with E-state index in [0.717, 1.165) is 13.0 Å². The molecule has 0 spiro atoms. The summed E-state index contributed by atoms with van der Waals surface area (Å²) in [6.45, 7) is 2.85. The zero-order chi connectivity index (χ0) is 12.3. The van der Waals surface area contributed by atoms with Crippen molar-refractivity contribution in [1.82, 2.24) is 24.5 Å². The van der Waals surface area contributed by atoms with Crippen molar-refractivity contribution in [3.8, 4) is 0 Å². The van der Waals surface area contributed by atoms with E-state index in [9.17, 15) is 4.79 Å². The third-order valence-corrected chi connectivity index (χ3v) is 2.56. The Hall–Kier alpha value is -1.98. The van der Waals surface area contributed by atoms with Crippen molar-refractivity contribution in [2.45, 2.75) is 26.3 Å². The molecule has 0 amide bonds. The highest BCUT2D eigenvalue weighted by atomic mass is 16.1. The van der Waals surface area contributed by atoms with Crippen molar-refractivity contribution in [2.24, 2.45) is 7.05 Å². The summed E-state index contributed by atoms with van der Waals surface area (Å²) in [5.41, 5.74) is 0.594. The monoisotopic (exact) mass is 233 g/mol. The molecule has 2 heterocycles. The zero-order valence-corrected chi connectivity index (χ0v) is 10.00. The summed E-state index contributed by atoms with van der Waals surface area (Å²) in [6, 6.07) is 1.71. The summed E-state index contributed by atoms with van der Waals surface area (Å²) in [5.74, 6) is 0.716. The van der Waals surface area contributed by atoms with Gasteiger partial charge in [-0.3, -0.25) is 9.48 Å². The van der Waals surface area contributed by atoms with Crippen LogP contribution in [0.5, 0.6) is 0 Å². The lowest BCUT2D eigenvalue weighted by Crippen LogP contribution is -2.14. The second-order valence-corrected chi connectivity index (χ2v) is 3.84. The molecule has 6 nitrogen and oxygen atoms in total. The van der Waals surface area contributed by atoms with E-state index < -0.39 is 0 Å². The van der Waals surface area contributed by atoms with Gasteiger partial charge in [0.05, 0.1) is 6.42 Å². The Morgan fingerprint density at radius 3 is 2.88 bits per heavy atom. The lowest BCUT2D eigenvalue weighted by molar-refractivity contribution is 0.0980. The van der Waals surface area contributed by atoms with E-state index in [1.165, 1.54) is 6.33 Å². The van der Waals surface area contributed by atoms with Gasteiger partial charge in [-0.25, -0.2) is 9.67 Å². The molecule has 0 saturated heterocycles. The molecule has 17 heavy (non-hydrogen) atoms. The number of hydrogen-bond donors (Lipinski definition) is 0. The molecule has 2 aromatic rings. The highest BCUT2D eigenvalue weighted by Gasteiger charge is 2.14. The maximum absolute atomic E-state index is 12.0. The highest BCUT2D eigenvalue weighted by molar-refractivity contribution is 5.95. The largest absolute Gasteiger partial charge is 0.292 e. The first-order valence-corrected chi connectivity index (χ1v) is 5.60. The molecule has 0 aliphatic heterocycles. The van der Waals surface area contributed by atoms with Gasteiger partial charge in [0.1, 0.15) is 17.8 Å². The molecule has 0 aliphatic carbocycles. The molecule has 90 valence electrons. The molecule has 0 saturated carbocycles. The van der Waals surface area contributed by atoms with Gasteiger partial charge in [-0.05, 0) is 12.5 Å². The van der Waals surface area contributed by atoms with Gasteiger partial charge < -0.3 is 0 Å². The lowest BCUT2D eigenvalue weighted by Gasteiger charge is -2.04. The topological polar surface area (TPSA) is 65.6 Å². The zero-order valence-electron chi connectivity index (χ0n) is 10.00. The van der Waals surface area contributed by atoms with Gasteiger partial charge in [0.15, 0.2) is 5.78 Å². The van der Waals surface area contributed by atoms with Crippen LogP contribution in [-0.4, -0.2) is 30.3 Å². The standard InChI is InChI=1S/C11H15N5O/c1-3-6-16-11(12-8-14-16)7-10(17)9-4-5-13-15(9)2/h4-5,8H,3,6-7H2,1-2H3. The van der Waals surface area contributed by atoms with E-state index in [1.54, 1.807) is 28.7 Å². The van der Waals surface area contributed by atoms with Gasteiger partial charge in [0.2, 0.25) is 0 Å². The Morgan fingerprint density at radius 1 is 1.41 bits per heavy atom. The van der Waals surface area contributed by atoms with Crippen LogP contribution in [0, 0.1) is 0 Å². The summed E-state index contributed by atoms with van der Waals surface area (Å²) in [5, 5.41) is 8.07. The molecule has 2 aromatic heterocycles. The average Bonchev–Trinajstić information content (AvgIpc) is 2.89. The molecular formula is C11H15N5O. The van der Waals surface area contributed by atoms with Crippen LogP contribution in [0.3, 0.4) is 0 Å². The Balaban J connectivity index is 2.13. The molecule has 0 atom stereocenters. The molecule has 6 heteroatoms. The third-order valence-electron chi connectivity index (χ3n) is 2.56. The first-order valence-electron chi connectivity index (χ1n) is 5.60. The van der Waals surface area contributed by atoms with Gasteiger partial charge in [-0.15, -0.1) is 0 Å². The molecule has 0 fully saturated rings. The molecule has 0 N–H and O–H groups in total. The second kappa shape index (κ2) is 4.90. The van der Waals surface area contributed by atoms with Gasteiger partial charge in [-0.2, -0.15) is 10.2 Å². The van der Waals surface area contributed by atoms with Gasteiger partial charge in [-0.1, -0.05) is 6.92 Å². The number of nitrogens with zero attached hydrogens (tertiary/aromatic N) is 5. The first kappa shape index (κ1) is 11.5. The number of hydrogen-bond acceptors (Lipinski definition) is 4. The number of aromatic nitrogens is 5. The SMILES string of the molecule is CCCn1ncnc1CC(=O)c1ccnn1C. The molecule has 0 aromatic carbocycles. The normalized spacial score (nSPS) is 10.7. The highest BCUT2D eigenvalue weighted by Crippen LogP contribution is 2.04. The quantitative estimate of drug-likeness (QED) is 0.718. The fourth-order valence-electron chi connectivity index (χ4n) is 1.71. The van der Waals surface area contributed by atoms with E-state index in [0.29, 0.717) is 11.5 Å². The number of ketones is 1. The van der Waals surface area contributed by atoms with Crippen molar-refractivity contribution in [3.63, 3.8) is 0 Å². The maximum atomic E-state index is 12.0. The molecule has 0 aliphatic rings. The smallest absolute Gasteiger partial charge is 0.188 e. The van der Waals surface area contributed by atoms with Crippen LogP contribution in [0.15, 0.2) is 18.6 Å². The lowest BCUT2D eigenvalue weighted by atomic mass is 10.2. The molecule has 0 bridgehead atoms. The summed E-state index contributed by atoms with van der Waals surface area (Å²) >= 11 is 0. The van der Waals surface area contributed by atoms with Gasteiger partial charge >= 0.3 is 0 Å². The number of Topliss-reactive ketones (excluding diaryl/α,β-unsaturated/α-hetero) is 1. The predicted molar refractivity (Wildman–Crippen MR) is 61.6 cm³/mol. The summed E-state index contributed by atoms with van der Waals surface area (Å²) in [7, 11) is 1.75. The summed E-state index contributed by atoms with van der Waals surface area (Å²) in [6.07, 6.45) is 4.33. The number of aryl methyl sites for hydroxylation is 2. The van der Waals surface area contributed by atoms with Crippen LogP contribution in [-0.2, 0) is 20.0 Å². The Kier molecular flexibility index (Phi) is 3.32. The van der Waals surface area contributed by atoms with Gasteiger partial charge in [0, 0.05) is 19.8 Å². The molecule has 0 unspecified atom stereocenters. The van der Waals surface area contributed by atoms with Crippen LogP contribution < -0.4 is 0 Å². The van der Waals surface area contributed by atoms with Crippen LogP contribution in [0.1, 0.15) is 29.7 Å². The Bertz CT molecular complexity index is 513. The van der Waals surface area contributed by atoms with Crippen LogP contribution in [0.25, 0.3) is 0 Å². The number of carbonyl (C=O) groups is 1. The van der Waals surface area contributed by atoms with E-state index in [4.69, 9.17) is 0 Å². The second-order valence-electron chi connectivity index (χ2n) is 3.84. The predicted octanol–water partition coefficient (Wildman–Crippen LogP) is 0.847. The molecule has 2 rings (SSSR count). The summed E-state index contributed by atoms with van der Waals surface area (Å²) < 4.78 is 3.34. The van der Waals surface area contributed by atoms with Crippen molar-refractivity contribution < 1.29 is 4.79 Å². The molecule has 0 radical (unpaired) electrons. The fraction of sp³-hybridized carbons (Fsp3) is 0.455. The van der Waals surface area contributed by atoms with Gasteiger partial charge in [0.25, 0.3) is 0 Å². The van der Waals surface area contributed by atoms with E-state index in [1.807, 2.05) is 0 Å². The van der Waals surface area contributed by atoms with Crippen LogP contribution in [0.4, 0.5) is 0 Å². The van der Waals surface area contributed by atoms with E-state index >= 15 is 0 Å². The first-order chi connectivity index (χ1) is 8.22. The third kappa shape index (κ3) is 2.41. The number of carbonyl (C=O) groups excluding carboxylic acids is 1. The average molecular weight is 233 g/mol. The van der Waals surface area contributed by atoms with Crippen LogP contribution >= 0.6 is 0 Å². The van der Waals surface area contributed by atoms with Crippen LogP contribution in [0.2, 0.25) is 0 Å². The molecular weight excluding hydrogens is 218 g/mol. The summed E-state index contributed by atoms with van der Waals surface area (Å²) in [4.78, 5) is 16.1. The van der Waals surface area contributed by atoms with E-state index in [-0.39, 0.29) is 12.2 Å². The Morgan fingerprint density at radius 2 is 2.24 bits per heavy atom. The van der Waals surface area contributed by atoms with Crippen molar-refractivity contribution >= 4 is 5.78 Å². The minimum Gasteiger partial charge on any atom is -0.292 e. The fourth-order valence-corrected chi connectivity index (χ4v) is 1.71.